The first kappa shape index (κ1) is 22.4. The number of ether oxygens (including phenoxy) is 1. The number of amides is 3. The summed E-state index contributed by atoms with van der Waals surface area (Å²) in [5.74, 6) is 0.233. The van der Waals surface area contributed by atoms with Crippen molar-refractivity contribution in [3.05, 3.63) is 48.4 Å². The maximum atomic E-state index is 12.6. The second-order valence-electron chi connectivity index (χ2n) is 7.21. The zero-order chi connectivity index (χ0) is 22.1. The molecule has 1 aliphatic heterocycles. The van der Waals surface area contributed by atoms with Gasteiger partial charge in [0.1, 0.15) is 5.75 Å². The summed E-state index contributed by atoms with van der Waals surface area (Å²) in [5, 5.41) is 5.52. The van der Waals surface area contributed by atoms with Gasteiger partial charge in [0, 0.05) is 44.5 Å². The van der Waals surface area contributed by atoms with Crippen LogP contribution in [0.3, 0.4) is 0 Å². The Morgan fingerprint density at radius 1 is 1.10 bits per heavy atom. The molecule has 2 heterocycles. The Bertz CT molecular complexity index is 884. The molecule has 1 aromatic heterocycles. The van der Waals surface area contributed by atoms with Gasteiger partial charge in [-0.05, 0) is 37.6 Å². The Kier molecular flexibility index (Phi) is 8.05. The van der Waals surface area contributed by atoms with Crippen LogP contribution in [0.4, 0.5) is 5.69 Å². The highest BCUT2D eigenvalue weighted by molar-refractivity contribution is 6.02. The van der Waals surface area contributed by atoms with Crippen LogP contribution >= 0.6 is 0 Å². The number of nitrogens with zero attached hydrogens (tertiary/aromatic N) is 2. The smallest absolute Gasteiger partial charge is 0.291 e. The summed E-state index contributed by atoms with van der Waals surface area (Å²) in [4.78, 5) is 40.3. The van der Waals surface area contributed by atoms with Crippen molar-refractivity contribution in [1.29, 1.82) is 0 Å². The maximum Gasteiger partial charge on any atom is 0.291 e. The summed E-state index contributed by atoms with van der Waals surface area (Å²) >= 11 is 0. The number of anilines is 1. The number of rotatable bonds is 8. The largest absolute Gasteiger partial charge is 0.484 e. The molecule has 1 fully saturated rings. The van der Waals surface area contributed by atoms with E-state index < -0.39 is 0 Å². The van der Waals surface area contributed by atoms with E-state index in [0.717, 1.165) is 13.0 Å². The van der Waals surface area contributed by atoms with Gasteiger partial charge >= 0.3 is 0 Å². The Balaban J connectivity index is 1.47. The highest BCUT2D eigenvalue weighted by atomic mass is 16.5. The van der Waals surface area contributed by atoms with Crippen LogP contribution in [0.1, 0.15) is 23.9 Å². The molecule has 0 aliphatic carbocycles. The van der Waals surface area contributed by atoms with Crippen molar-refractivity contribution in [2.75, 3.05) is 51.2 Å². The van der Waals surface area contributed by atoms with Gasteiger partial charge in [-0.2, -0.15) is 0 Å². The second kappa shape index (κ2) is 11.2. The monoisotopic (exact) mass is 428 g/mol. The molecule has 0 radical (unpaired) electrons. The number of likely N-dealkylation sites (N-methyl/N-ethyl adjacent to an activating group) is 1. The van der Waals surface area contributed by atoms with Gasteiger partial charge in [-0.1, -0.05) is 6.07 Å². The molecule has 2 N–H and O–H groups in total. The van der Waals surface area contributed by atoms with Crippen LogP contribution in [0, 0.1) is 0 Å². The van der Waals surface area contributed by atoms with E-state index in [1.807, 2.05) is 6.92 Å². The minimum absolute atomic E-state index is 0.00429. The molecule has 3 rings (SSSR count). The molecule has 0 atom stereocenters. The van der Waals surface area contributed by atoms with Crippen LogP contribution in [0.2, 0.25) is 0 Å². The van der Waals surface area contributed by atoms with Crippen LogP contribution in [-0.4, -0.2) is 73.4 Å². The van der Waals surface area contributed by atoms with Crippen molar-refractivity contribution < 1.29 is 23.5 Å². The third-order valence-corrected chi connectivity index (χ3v) is 4.88. The van der Waals surface area contributed by atoms with E-state index in [1.165, 1.54) is 6.26 Å². The lowest BCUT2D eigenvalue weighted by Crippen LogP contribution is -2.40. The van der Waals surface area contributed by atoms with E-state index in [0.29, 0.717) is 44.2 Å². The lowest BCUT2D eigenvalue weighted by Gasteiger charge is -2.21. The molecule has 166 valence electrons. The van der Waals surface area contributed by atoms with Crippen molar-refractivity contribution in [1.82, 2.24) is 15.1 Å². The first-order chi connectivity index (χ1) is 15.0. The van der Waals surface area contributed by atoms with E-state index in [1.54, 1.807) is 41.3 Å². The normalized spacial score (nSPS) is 14.5. The van der Waals surface area contributed by atoms with Crippen LogP contribution in [0.15, 0.2) is 47.1 Å². The van der Waals surface area contributed by atoms with E-state index in [4.69, 9.17) is 9.15 Å². The molecule has 1 aliphatic rings. The molecule has 2 aromatic rings. The zero-order valence-corrected chi connectivity index (χ0v) is 17.6. The summed E-state index contributed by atoms with van der Waals surface area (Å²) in [6.45, 7) is 5.38. The molecule has 1 aromatic carbocycles. The topological polar surface area (TPSA) is 104 Å². The van der Waals surface area contributed by atoms with Crippen molar-refractivity contribution in [3.63, 3.8) is 0 Å². The zero-order valence-electron chi connectivity index (χ0n) is 17.6. The van der Waals surface area contributed by atoms with E-state index in [9.17, 15) is 14.4 Å². The number of carbonyl (C=O) groups is 3. The van der Waals surface area contributed by atoms with Crippen molar-refractivity contribution in [2.45, 2.75) is 13.3 Å². The maximum absolute atomic E-state index is 12.6. The number of hydrogen-bond acceptors (Lipinski definition) is 6. The molecule has 1 saturated heterocycles. The molecule has 0 spiro atoms. The summed E-state index contributed by atoms with van der Waals surface area (Å²) < 4.78 is 10.7. The fraction of sp³-hybridized carbons (Fsp3) is 0.409. The lowest BCUT2D eigenvalue weighted by atomic mass is 10.3. The van der Waals surface area contributed by atoms with Gasteiger partial charge in [0.2, 0.25) is 5.91 Å². The predicted octanol–water partition coefficient (Wildman–Crippen LogP) is 1.58. The van der Waals surface area contributed by atoms with Gasteiger partial charge in [-0.15, -0.1) is 0 Å². The van der Waals surface area contributed by atoms with Crippen molar-refractivity contribution in [2.24, 2.45) is 0 Å². The number of furan rings is 1. The SMILES string of the molecule is CCNC(=O)CN1CCCN(C(=O)COc2cccc(NC(=O)c3ccco3)c2)CC1. The number of hydrogen-bond donors (Lipinski definition) is 2. The van der Waals surface area contributed by atoms with Crippen LogP contribution in [0.5, 0.6) is 5.75 Å². The first-order valence-electron chi connectivity index (χ1n) is 10.4. The number of nitrogens with one attached hydrogen (secondary N) is 2. The van der Waals surface area contributed by atoms with E-state index >= 15 is 0 Å². The summed E-state index contributed by atoms with van der Waals surface area (Å²) in [7, 11) is 0. The minimum Gasteiger partial charge on any atom is -0.484 e. The summed E-state index contributed by atoms with van der Waals surface area (Å²) in [5.41, 5.74) is 0.544. The van der Waals surface area contributed by atoms with Crippen molar-refractivity contribution in [3.8, 4) is 5.75 Å². The average molecular weight is 428 g/mol. The lowest BCUT2D eigenvalue weighted by molar-refractivity contribution is -0.133. The van der Waals surface area contributed by atoms with Gasteiger partial charge in [0.25, 0.3) is 11.8 Å². The molecular weight excluding hydrogens is 400 g/mol. The highest BCUT2D eigenvalue weighted by Gasteiger charge is 2.20. The molecule has 9 heteroatoms. The molecule has 9 nitrogen and oxygen atoms in total. The number of benzene rings is 1. The van der Waals surface area contributed by atoms with Crippen molar-refractivity contribution >= 4 is 23.4 Å². The average Bonchev–Trinajstić information content (AvgIpc) is 3.20. The minimum atomic E-state index is -0.361. The van der Waals surface area contributed by atoms with Crippen LogP contribution in [-0.2, 0) is 9.59 Å². The van der Waals surface area contributed by atoms with Gasteiger partial charge in [0.15, 0.2) is 12.4 Å². The number of carbonyl (C=O) groups excluding carboxylic acids is 3. The molecule has 0 bridgehead atoms. The quantitative estimate of drug-likeness (QED) is 0.662. The van der Waals surface area contributed by atoms with Gasteiger partial charge < -0.3 is 24.7 Å². The summed E-state index contributed by atoms with van der Waals surface area (Å²) in [6, 6.07) is 10.1. The Morgan fingerprint density at radius 2 is 1.97 bits per heavy atom. The van der Waals surface area contributed by atoms with Crippen LogP contribution in [0.25, 0.3) is 0 Å². The van der Waals surface area contributed by atoms with Gasteiger partial charge in [-0.25, -0.2) is 0 Å². The Hall–Kier alpha value is -3.33. The fourth-order valence-corrected chi connectivity index (χ4v) is 3.34. The molecule has 3 amide bonds. The third kappa shape index (κ3) is 6.85. The molecule has 31 heavy (non-hydrogen) atoms. The first-order valence-corrected chi connectivity index (χ1v) is 10.4. The molecular formula is C22H28N4O5. The fourth-order valence-electron chi connectivity index (χ4n) is 3.34. The van der Waals surface area contributed by atoms with E-state index in [2.05, 4.69) is 15.5 Å². The van der Waals surface area contributed by atoms with Crippen LogP contribution < -0.4 is 15.4 Å². The molecule has 0 saturated carbocycles. The van der Waals surface area contributed by atoms with Gasteiger partial charge in [0.05, 0.1) is 12.8 Å². The van der Waals surface area contributed by atoms with E-state index in [-0.39, 0.29) is 30.1 Å². The predicted molar refractivity (Wildman–Crippen MR) is 115 cm³/mol. The standard InChI is InChI=1S/C22H28N4O5/c1-2-23-20(27)15-25-9-5-10-26(12-11-25)21(28)16-31-18-7-3-6-17(14-18)24-22(29)19-8-4-13-30-19/h3-4,6-8,13-14H,2,5,9-12,15-16H2,1H3,(H,23,27)(H,24,29). The highest BCUT2D eigenvalue weighted by Crippen LogP contribution is 2.18. The Morgan fingerprint density at radius 3 is 2.74 bits per heavy atom. The molecule has 0 unspecified atom stereocenters. The second-order valence-corrected chi connectivity index (χ2v) is 7.21. The summed E-state index contributed by atoms with van der Waals surface area (Å²) in [6.07, 6.45) is 2.24. The van der Waals surface area contributed by atoms with Gasteiger partial charge in [-0.3, -0.25) is 19.3 Å². The third-order valence-electron chi connectivity index (χ3n) is 4.88. The Labute approximate surface area is 181 Å².